The average molecular weight is 225 g/mol. The third kappa shape index (κ3) is 2.87. The second-order valence-corrected chi connectivity index (χ2v) is 3.39. The molecule has 16 heavy (non-hydrogen) atoms. The van der Waals surface area contributed by atoms with E-state index in [4.69, 9.17) is 5.11 Å². The number of aromatic hydroxyl groups is 2. The zero-order valence-electron chi connectivity index (χ0n) is 9.23. The zero-order valence-corrected chi connectivity index (χ0v) is 9.23. The molecule has 0 aliphatic heterocycles. The van der Waals surface area contributed by atoms with Crippen LogP contribution in [0.15, 0.2) is 18.2 Å². The van der Waals surface area contributed by atoms with Crippen LogP contribution in [-0.4, -0.2) is 36.4 Å². The molecule has 1 aromatic carbocycles. The van der Waals surface area contributed by atoms with Crippen molar-refractivity contribution in [3.8, 4) is 11.5 Å². The number of phenolic OH excluding ortho intramolecular Hbond substituents is 2. The standard InChI is InChI=1S/C11H15NO4/c1-12-8(11(15)16-2)5-7-3-4-9(13)10(14)6-7/h3-4,6,8,12-14H,5H2,1-2H3. The first-order valence-electron chi connectivity index (χ1n) is 4.84. The van der Waals surface area contributed by atoms with E-state index in [9.17, 15) is 9.90 Å². The Bertz CT molecular complexity index is 378. The van der Waals surface area contributed by atoms with Gasteiger partial charge in [0.05, 0.1) is 7.11 Å². The van der Waals surface area contributed by atoms with Crippen LogP contribution in [0.25, 0.3) is 0 Å². The Morgan fingerprint density at radius 1 is 1.44 bits per heavy atom. The van der Waals surface area contributed by atoms with Crippen LogP contribution >= 0.6 is 0 Å². The number of phenols is 2. The number of methoxy groups -OCH3 is 1. The minimum absolute atomic E-state index is 0.178. The van der Waals surface area contributed by atoms with Crippen LogP contribution < -0.4 is 5.32 Å². The van der Waals surface area contributed by atoms with Crippen molar-refractivity contribution in [2.45, 2.75) is 12.5 Å². The molecule has 5 heteroatoms. The summed E-state index contributed by atoms with van der Waals surface area (Å²) >= 11 is 0. The Balaban J connectivity index is 2.78. The van der Waals surface area contributed by atoms with Crippen LogP contribution in [0.1, 0.15) is 5.56 Å². The molecular weight excluding hydrogens is 210 g/mol. The van der Waals surface area contributed by atoms with Gasteiger partial charge in [-0.05, 0) is 31.2 Å². The van der Waals surface area contributed by atoms with E-state index in [2.05, 4.69) is 10.1 Å². The van der Waals surface area contributed by atoms with Gasteiger partial charge in [-0.2, -0.15) is 0 Å². The predicted molar refractivity (Wildman–Crippen MR) is 58.3 cm³/mol. The van der Waals surface area contributed by atoms with Crippen LogP contribution in [0, 0.1) is 0 Å². The normalized spacial score (nSPS) is 12.1. The molecule has 5 nitrogen and oxygen atoms in total. The van der Waals surface area contributed by atoms with Crippen molar-refractivity contribution < 1.29 is 19.7 Å². The molecule has 1 atom stereocenters. The quantitative estimate of drug-likeness (QED) is 0.510. The van der Waals surface area contributed by atoms with Gasteiger partial charge in [-0.1, -0.05) is 6.07 Å². The first-order valence-corrected chi connectivity index (χ1v) is 4.84. The van der Waals surface area contributed by atoms with Gasteiger partial charge in [0, 0.05) is 0 Å². The number of esters is 1. The monoisotopic (exact) mass is 225 g/mol. The number of hydrogen-bond donors (Lipinski definition) is 3. The number of nitrogens with one attached hydrogen (secondary N) is 1. The van der Waals surface area contributed by atoms with Gasteiger partial charge in [-0.15, -0.1) is 0 Å². The molecular formula is C11H15NO4. The number of benzene rings is 1. The minimum atomic E-state index is -0.464. The smallest absolute Gasteiger partial charge is 0.323 e. The topological polar surface area (TPSA) is 78.8 Å². The van der Waals surface area contributed by atoms with Gasteiger partial charge in [0.1, 0.15) is 6.04 Å². The predicted octanol–water partition coefficient (Wildman–Crippen LogP) is 0.401. The van der Waals surface area contributed by atoms with Crippen molar-refractivity contribution in [1.29, 1.82) is 0 Å². The van der Waals surface area contributed by atoms with Crippen LogP contribution in [0.3, 0.4) is 0 Å². The van der Waals surface area contributed by atoms with E-state index in [0.29, 0.717) is 6.42 Å². The minimum Gasteiger partial charge on any atom is -0.504 e. The Labute approximate surface area is 93.7 Å². The fourth-order valence-electron chi connectivity index (χ4n) is 1.38. The van der Waals surface area contributed by atoms with Crippen molar-refractivity contribution in [3.63, 3.8) is 0 Å². The van der Waals surface area contributed by atoms with E-state index < -0.39 is 6.04 Å². The number of ether oxygens (including phenoxy) is 1. The summed E-state index contributed by atoms with van der Waals surface area (Å²) in [6.07, 6.45) is 0.386. The molecule has 0 radical (unpaired) electrons. The molecule has 1 rings (SSSR count). The van der Waals surface area contributed by atoms with Gasteiger partial charge in [0.15, 0.2) is 11.5 Å². The number of carbonyl (C=O) groups excluding carboxylic acids is 1. The molecule has 0 amide bonds. The van der Waals surface area contributed by atoms with Crippen molar-refractivity contribution >= 4 is 5.97 Å². The van der Waals surface area contributed by atoms with E-state index in [1.807, 2.05) is 0 Å². The van der Waals surface area contributed by atoms with E-state index in [-0.39, 0.29) is 17.5 Å². The fourth-order valence-corrected chi connectivity index (χ4v) is 1.38. The third-order valence-electron chi connectivity index (χ3n) is 2.31. The summed E-state index contributed by atoms with van der Waals surface area (Å²) < 4.78 is 4.62. The summed E-state index contributed by atoms with van der Waals surface area (Å²) in [6.45, 7) is 0. The molecule has 1 aromatic rings. The van der Waals surface area contributed by atoms with E-state index in [0.717, 1.165) is 5.56 Å². The van der Waals surface area contributed by atoms with Crippen molar-refractivity contribution in [3.05, 3.63) is 23.8 Å². The number of carbonyl (C=O) groups is 1. The lowest BCUT2D eigenvalue weighted by Crippen LogP contribution is -2.36. The number of hydrogen-bond acceptors (Lipinski definition) is 5. The van der Waals surface area contributed by atoms with E-state index in [1.165, 1.54) is 19.2 Å². The summed E-state index contributed by atoms with van der Waals surface area (Å²) in [5.41, 5.74) is 0.736. The summed E-state index contributed by atoms with van der Waals surface area (Å²) in [5, 5.41) is 21.2. The summed E-state index contributed by atoms with van der Waals surface area (Å²) in [4.78, 5) is 11.3. The van der Waals surface area contributed by atoms with Crippen LogP contribution in [0.4, 0.5) is 0 Å². The second-order valence-electron chi connectivity index (χ2n) is 3.39. The molecule has 0 bridgehead atoms. The summed E-state index contributed by atoms with van der Waals surface area (Å²) in [5.74, 6) is -0.741. The SMILES string of the molecule is CNC(Cc1ccc(O)c(O)c1)C(=O)OC. The molecule has 1 unspecified atom stereocenters. The van der Waals surface area contributed by atoms with Crippen LogP contribution in [0.5, 0.6) is 11.5 Å². The Morgan fingerprint density at radius 2 is 2.12 bits per heavy atom. The molecule has 0 spiro atoms. The van der Waals surface area contributed by atoms with Gasteiger partial charge < -0.3 is 20.3 Å². The highest BCUT2D eigenvalue weighted by atomic mass is 16.5. The van der Waals surface area contributed by atoms with Crippen LogP contribution in [0.2, 0.25) is 0 Å². The van der Waals surface area contributed by atoms with Crippen LogP contribution in [-0.2, 0) is 16.0 Å². The maximum atomic E-state index is 11.3. The van der Waals surface area contributed by atoms with E-state index >= 15 is 0 Å². The average Bonchev–Trinajstić information content (AvgIpc) is 2.29. The maximum absolute atomic E-state index is 11.3. The molecule has 0 aromatic heterocycles. The summed E-state index contributed by atoms with van der Waals surface area (Å²) in [6, 6.07) is 3.98. The molecule has 0 aliphatic rings. The van der Waals surface area contributed by atoms with Crippen molar-refractivity contribution in [1.82, 2.24) is 5.32 Å². The molecule has 0 fully saturated rings. The molecule has 0 aliphatic carbocycles. The maximum Gasteiger partial charge on any atom is 0.323 e. The molecule has 0 heterocycles. The van der Waals surface area contributed by atoms with Gasteiger partial charge >= 0.3 is 5.97 Å². The first kappa shape index (κ1) is 12.3. The lowest BCUT2D eigenvalue weighted by atomic mass is 10.1. The third-order valence-corrected chi connectivity index (χ3v) is 2.31. The lowest BCUT2D eigenvalue weighted by Gasteiger charge is -2.13. The zero-order chi connectivity index (χ0) is 12.1. The highest BCUT2D eigenvalue weighted by Gasteiger charge is 2.17. The van der Waals surface area contributed by atoms with Gasteiger partial charge in [-0.25, -0.2) is 0 Å². The molecule has 0 saturated carbocycles. The Hall–Kier alpha value is -1.75. The van der Waals surface area contributed by atoms with Gasteiger partial charge in [-0.3, -0.25) is 4.79 Å². The number of rotatable bonds is 4. The van der Waals surface area contributed by atoms with Crippen molar-refractivity contribution in [2.75, 3.05) is 14.2 Å². The molecule has 3 N–H and O–H groups in total. The molecule has 88 valence electrons. The highest BCUT2D eigenvalue weighted by Crippen LogP contribution is 2.25. The second kappa shape index (κ2) is 5.37. The fraction of sp³-hybridized carbons (Fsp3) is 0.364. The lowest BCUT2D eigenvalue weighted by molar-refractivity contribution is -0.142. The molecule has 0 saturated heterocycles. The number of likely N-dealkylation sites (N-methyl/N-ethyl adjacent to an activating group) is 1. The van der Waals surface area contributed by atoms with Crippen molar-refractivity contribution in [2.24, 2.45) is 0 Å². The van der Waals surface area contributed by atoms with Gasteiger partial charge in [0.25, 0.3) is 0 Å². The Kier molecular flexibility index (Phi) is 4.13. The highest BCUT2D eigenvalue weighted by molar-refractivity contribution is 5.76. The van der Waals surface area contributed by atoms with E-state index in [1.54, 1.807) is 13.1 Å². The van der Waals surface area contributed by atoms with Gasteiger partial charge in [0.2, 0.25) is 0 Å². The first-order chi connectivity index (χ1) is 7.58. The largest absolute Gasteiger partial charge is 0.504 e. The Morgan fingerprint density at radius 3 is 2.62 bits per heavy atom. The summed E-state index contributed by atoms with van der Waals surface area (Å²) in [7, 11) is 2.98.